The third kappa shape index (κ3) is 2.48. The summed E-state index contributed by atoms with van der Waals surface area (Å²) in [4.78, 5) is 4.05. The minimum Gasteiger partial charge on any atom is -0.506 e. The van der Waals surface area contributed by atoms with E-state index in [1.165, 1.54) is 0 Å². The quantitative estimate of drug-likeness (QED) is 0.784. The summed E-state index contributed by atoms with van der Waals surface area (Å²) in [6.07, 6.45) is 1.89. The lowest BCUT2D eigenvalue weighted by Crippen LogP contribution is -2.41. The van der Waals surface area contributed by atoms with Gasteiger partial charge < -0.3 is 19.5 Å². The summed E-state index contributed by atoms with van der Waals surface area (Å²) in [5, 5.41) is 19.1. The summed E-state index contributed by atoms with van der Waals surface area (Å²) in [7, 11) is -0.620. The van der Waals surface area contributed by atoms with Crippen molar-refractivity contribution in [1.29, 1.82) is 0 Å². The van der Waals surface area contributed by atoms with E-state index >= 15 is 0 Å². The van der Waals surface area contributed by atoms with Gasteiger partial charge in [0.15, 0.2) is 0 Å². The molecule has 0 amide bonds. The van der Waals surface area contributed by atoms with Crippen molar-refractivity contribution in [3.63, 3.8) is 0 Å². The lowest BCUT2D eigenvalue weighted by Gasteiger charge is -2.32. The zero-order valence-electron chi connectivity index (χ0n) is 11.8. The van der Waals surface area contributed by atoms with Crippen molar-refractivity contribution in [1.82, 2.24) is 4.98 Å². The van der Waals surface area contributed by atoms with Crippen LogP contribution in [-0.4, -0.2) is 40.1 Å². The molecule has 0 unspecified atom stereocenters. The van der Waals surface area contributed by atoms with E-state index in [9.17, 15) is 5.11 Å². The molecular weight excluding hydrogens is 245 g/mol. The molecule has 2 heterocycles. The maximum absolute atomic E-state index is 10.2. The largest absolute Gasteiger partial charge is 0.506 e. The van der Waals surface area contributed by atoms with Crippen molar-refractivity contribution in [3.8, 4) is 5.75 Å². The van der Waals surface area contributed by atoms with Crippen molar-refractivity contribution in [2.24, 2.45) is 0 Å². The van der Waals surface area contributed by atoms with Gasteiger partial charge in [-0.15, -0.1) is 0 Å². The molecule has 2 rings (SSSR count). The Labute approximate surface area is 113 Å². The van der Waals surface area contributed by atoms with Crippen LogP contribution in [0.4, 0.5) is 0 Å². The molecule has 0 saturated carbocycles. The molecule has 19 heavy (non-hydrogen) atoms. The summed E-state index contributed by atoms with van der Waals surface area (Å²) in [6, 6.07) is 1.68. The highest BCUT2D eigenvalue weighted by molar-refractivity contribution is 6.63. The summed E-state index contributed by atoms with van der Waals surface area (Å²) < 4.78 is 11.8. The van der Waals surface area contributed by atoms with Crippen LogP contribution in [0, 0.1) is 0 Å². The van der Waals surface area contributed by atoms with Gasteiger partial charge in [-0.1, -0.05) is 0 Å². The van der Waals surface area contributed by atoms with Crippen molar-refractivity contribution >= 4 is 12.6 Å². The number of aromatic nitrogens is 1. The number of hydrogen-bond acceptors (Lipinski definition) is 5. The highest BCUT2D eigenvalue weighted by Crippen LogP contribution is 2.37. The van der Waals surface area contributed by atoms with Gasteiger partial charge in [0.1, 0.15) is 5.75 Å². The van der Waals surface area contributed by atoms with Gasteiger partial charge in [-0.25, -0.2) is 0 Å². The Balaban J connectivity index is 2.32. The Hall–Kier alpha value is -1.11. The third-order valence-corrected chi connectivity index (χ3v) is 3.89. The Bertz CT molecular complexity index is 460. The molecule has 1 aliphatic rings. The monoisotopic (exact) mass is 265 g/mol. The van der Waals surface area contributed by atoms with Crippen molar-refractivity contribution in [3.05, 3.63) is 18.0 Å². The van der Waals surface area contributed by atoms with E-state index in [1.807, 2.05) is 27.7 Å². The maximum Gasteiger partial charge on any atom is 0.498 e. The Morgan fingerprint density at radius 3 is 2.32 bits per heavy atom. The van der Waals surface area contributed by atoms with Gasteiger partial charge in [0.25, 0.3) is 0 Å². The van der Waals surface area contributed by atoms with Gasteiger partial charge >= 0.3 is 7.12 Å². The van der Waals surface area contributed by atoms with Gasteiger partial charge in [-0.2, -0.15) is 0 Å². The molecular formula is C13H20BNO4. The number of hydrogen-bond donors (Lipinski definition) is 2. The van der Waals surface area contributed by atoms with E-state index in [-0.39, 0.29) is 12.4 Å². The number of aliphatic hydroxyl groups is 1. The fourth-order valence-corrected chi connectivity index (χ4v) is 1.96. The molecule has 0 aromatic carbocycles. The predicted molar refractivity (Wildman–Crippen MR) is 72.4 cm³/mol. The van der Waals surface area contributed by atoms with Crippen LogP contribution in [0.1, 0.15) is 33.4 Å². The van der Waals surface area contributed by atoms with Crippen molar-refractivity contribution < 1.29 is 19.5 Å². The second kappa shape index (κ2) is 4.78. The molecule has 0 radical (unpaired) electrons. The molecule has 1 aliphatic heterocycles. The first-order chi connectivity index (χ1) is 8.78. The molecule has 0 aliphatic carbocycles. The molecule has 1 fully saturated rings. The van der Waals surface area contributed by atoms with Crippen molar-refractivity contribution in [2.75, 3.05) is 6.61 Å². The van der Waals surface area contributed by atoms with Crippen molar-refractivity contribution in [2.45, 2.75) is 45.3 Å². The molecule has 0 atom stereocenters. The normalized spacial score (nSPS) is 20.8. The molecule has 1 aromatic heterocycles. The van der Waals surface area contributed by atoms with Crippen LogP contribution in [0.3, 0.4) is 0 Å². The minimum atomic E-state index is -0.620. The van der Waals surface area contributed by atoms with Crippen LogP contribution >= 0.6 is 0 Å². The van der Waals surface area contributed by atoms with Gasteiger partial charge in [0, 0.05) is 24.7 Å². The summed E-state index contributed by atoms with van der Waals surface area (Å²) in [6.45, 7) is 7.77. The molecule has 2 N–H and O–H groups in total. The SMILES string of the molecule is CC1(C)OB(c2ccnc(CCO)c2O)OC1(C)C. The van der Waals surface area contributed by atoms with E-state index in [1.54, 1.807) is 12.3 Å². The highest BCUT2D eigenvalue weighted by atomic mass is 16.7. The predicted octanol–water partition coefficient (Wildman–Crippen LogP) is 0.621. The van der Waals surface area contributed by atoms with Gasteiger partial charge in [-0.05, 0) is 33.8 Å². The minimum absolute atomic E-state index is 0.0371. The lowest BCUT2D eigenvalue weighted by atomic mass is 9.78. The standard InChI is InChI=1S/C13H20BNO4/c1-12(2)13(3,4)19-14(18-12)9-5-7-15-10(6-8-16)11(9)17/h5,7,16-17H,6,8H2,1-4H3. The number of aromatic hydroxyl groups is 1. The fraction of sp³-hybridized carbons (Fsp3) is 0.615. The van der Waals surface area contributed by atoms with E-state index in [0.29, 0.717) is 17.6 Å². The zero-order chi connectivity index (χ0) is 14.3. The first-order valence-corrected chi connectivity index (χ1v) is 6.42. The topological polar surface area (TPSA) is 71.8 Å². The van der Waals surface area contributed by atoms with Crippen LogP contribution in [0.25, 0.3) is 0 Å². The number of aliphatic hydroxyl groups excluding tert-OH is 1. The van der Waals surface area contributed by atoms with Crippen LogP contribution < -0.4 is 5.46 Å². The van der Waals surface area contributed by atoms with Gasteiger partial charge in [-0.3, -0.25) is 4.98 Å². The Kier molecular flexibility index (Phi) is 3.60. The van der Waals surface area contributed by atoms with E-state index < -0.39 is 18.3 Å². The Morgan fingerprint density at radius 1 is 1.21 bits per heavy atom. The zero-order valence-corrected chi connectivity index (χ0v) is 11.8. The average Bonchev–Trinajstić information content (AvgIpc) is 2.51. The number of pyridine rings is 1. The molecule has 1 aromatic rings. The lowest BCUT2D eigenvalue weighted by molar-refractivity contribution is 0.00578. The van der Waals surface area contributed by atoms with Gasteiger partial charge in [0.2, 0.25) is 0 Å². The smallest absolute Gasteiger partial charge is 0.498 e. The van der Waals surface area contributed by atoms with Gasteiger partial charge in [0.05, 0.1) is 16.9 Å². The second-order valence-electron chi connectivity index (χ2n) is 5.76. The fourth-order valence-electron chi connectivity index (χ4n) is 1.96. The third-order valence-electron chi connectivity index (χ3n) is 3.89. The molecule has 0 spiro atoms. The summed E-state index contributed by atoms with van der Waals surface area (Å²) >= 11 is 0. The number of rotatable bonds is 3. The molecule has 104 valence electrons. The summed E-state index contributed by atoms with van der Waals surface area (Å²) in [5.74, 6) is 0.0371. The number of nitrogens with zero attached hydrogens (tertiary/aromatic N) is 1. The Morgan fingerprint density at radius 2 is 1.79 bits per heavy atom. The van der Waals surface area contributed by atoms with Crippen LogP contribution in [0.5, 0.6) is 5.75 Å². The molecule has 6 heteroatoms. The van der Waals surface area contributed by atoms with Crippen LogP contribution in [0.15, 0.2) is 12.3 Å². The molecule has 0 bridgehead atoms. The second-order valence-corrected chi connectivity index (χ2v) is 5.76. The van der Waals surface area contributed by atoms with E-state index in [0.717, 1.165) is 0 Å². The van der Waals surface area contributed by atoms with E-state index in [2.05, 4.69) is 4.98 Å². The molecule has 1 saturated heterocycles. The highest BCUT2D eigenvalue weighted by Gasteiger charge is 2.52. The average molecular weight is 265 g/mol. The van der Waals surface area contributed by atoms with E-state index in [4.69, 9.17) is 14.4 Å². The van der Waals surface area contributed by atoms with Crippen LogP contribution in [0.2, 0.25) is 0 Å². The summed E-state index contributed by atoms with van der Waals surface area (Å²) in [5.41, 5.74) is 0.0986. The first-order valence-electron chi connectivity index (χ1n) is 6.42. The maximum atomic E-state index is 10.2. The first kappa shape index (κ1) is 14.3. The molecule has 5 nitrogen and oxygen atoms in total. The van der Waals surface area contributed by atoms with Crippen LogP contribution in [-0.2, 0) is 15.7 Å².